The van der Waals surface area contributed by atoms with Crippen molar-refractivity contribution in [3.63, 3.8) is 0 Å². The quantitative estimate of drug-likeness (QED) is 0.519. The first kappa shape index (κ1) is 13.5. The molecule has 0 radical (unpaired) electrons. The minimum Gasteiger partial charge on any atom is -0.397 e. The van der Waals surface area contributed by atoms with Crippen molar-refractivity contribution in [2.24, 2.45) is 0 Å². The number of nitrogens with one attached hydrogen (secondary N) is 3. The number of rotatable bonds is 2. The molecule has 23 heavy (non-hydrogen) atoms. The van der Waals surface area contributed by atoms with Gasteiger partial charge in [-0.25, -0.2) is 0 Å². The Kier molecular flexibility index (Phi) is 3.27. The van der Waals surface area contributed by atoms with Crippen LogP contribution in [0.3, 0.4) is 0 Å². The zero-order chi connectivity index (χ0) is 15.6. The Bertz CT molecular complexity index is 843. The van der Waals surface area contributed by atoms with Crippen LogP contribution >= 0.6 is 0 Å². The minimum absolute atomic E-state index is 0.716. The predicted octanol–water partition coefficient (Wildman–Crippen LogP) is 4.68. The molecule has 1 heterocycles. The molecule has 0 saturated carbocycles. The number of fused-ring (bicyclic) bond motifs is 2. The second kappa shape index (κ2) is 5.57. The number of para-hydroxylation sites is 2. The molecule has 4 nitrogen and oxygen atoms in total. The van der Waals surface area contributed by atoms with Gasteiger partial charge in [0.25, 0.3) is 0 Å². The monoisotopic (exact) mass is 302 g/mol. The third-order valence-corrected chi connectivity index (χ3v) is 4.00. The van der Waals surface area contributed by atoms with Gasteiger partial charge in [-0.15, -0.1) is 0 Å². The zero-order valence-corrected chi connectivity index (χ0v) is 12.6. The van der Waals surface area contributed by atoms with Crippen LogP contribution in [0.15, 0.2) is 66.7 Å². The molecule has 0 spiro atoms. The molecule has 5 N–H and O–H groups in total. The van der Waals surface area contributed by atoms with Gasteiger partial charge in [0.1, 0.15) is 0 Å². The molecule has 1 aliphatic rings. The van der Waals surface area contributed by atoms with Gasteiger partial charge in [-0.2, -0.15) is 0 Å². The van der Waals surface area contributed by atoms with Gasteiger partial charge in [-0.3, -0.25) is 0 Å². The first-order valence-electron chi connectivity index (χ1n) is 7.64. The molecule has 114 valence electrons. The standard InChI is InChI=1S/C19H18N4/c20-15-10-18-19(11-17(15)22-14-7-2-1-3-8-14)23-16-9-5-4-6-13(16)12-21-18/h1-11,21-23H,12,20H2. The molecule has 0 amide bonds. The van der Waals surface area contributed by atoms with Crippen LogP contribution in [-0.2, 0) is 6.54 Å². The number of hydrogen-bond acceptors (Lipinski definition) is 4. The summed E-state index contributed by atoms with van der Waals surface area (Å²) in [6.45, 7) is 0.779. The van der Waals surface area contributed by atoms with Crippen LogP contribution in [-0.4, -0.2) is 0 Å². The van der Waals surface area contributed by atoms with Crippen LogP contribution in [0.4, 0.5) is 34.1 Å². The Hall–Kier alpha value is -3.14. The lowest BCUT2D eigenvalue weighted by atomic mass is 10.1. The summed E-state index contributed by atoms with van der Waals surface area (Å²) in [7, 11) is 0. The van der Waals surface area contributed by atoms with Crippen molar-refractivity contribution in [1.82, 2.24) is 0 Å². The van der Waals surface area contributed by atoms with E-state index in [0.717, 1.165) is 35.0 Å². The maximum Gasteiger partial charge on any atom is 0.0642 e. The van der Waals surface area contributed by atoms with Crippen LogP contribution in [0, 0.1) is 0 Å². The Labute approximate surface area is 135 Å². The molecule has 4 rings (SSSR count). The topological polar surface area (TPSA) is 62.1 Å². The van der Waals surface area contributed by atoms with Crippen molar-refractivity contribution in [2.45, 2.75) is 6.54 Å². The fourth-order valence-corrected chi connectivity index (χ4v) is 2.78. The maximum atomic E-state index is 6.22. The summed E-state index contributed by atoms with van der Waals surface area (Å²) >= 11 is 0. The molecule has 0 atom stereocenters. The second-order valence-corrected chi connectivity index (χ2v) is 5.61. The van der Waals surface area contributed by atoms with Gasteiger partial charge in [0, 0.05) is 17.9 Å². The molecule has 0 aliphatic carbocycles. The highest BCUT2D eigenvalue weighted by Gasteiger charge is 2.14. The molecular formula is C19H18N4. The molecule has 1 aliphatic heterocycles. The number of hydrogen-bond donors (Lipinski definition) is 4. The summed E-state index contributed by atoms with van der Waals surface area (Å²) in [4.78, 5) is 0. The van der Waals surface area contributed by atoms with Crippen LogP contribution in [0.25, 0.3) is 0 Å². The molecule has 0 bridgehead atoms. The summed E-state index contributed by atoms with van der Waals surface area (Å²) in [6.07, 6.45) is 0. The number of anilines is 6. The lowest BCUT2D eigenvalue weighted by Gasteiger charge is -2.15. The third kappa shape index (κ3) is 2.66. The molecule has 0 saturated heterocycles. The Morgan fingerprint density at radius 3 is 2.48 bits per heavy atom. The van der Waals surface area contributed by atoms with E-state index in [1.165, 1.54) is 5.56 Å². The van der Waals surface area contributed by atoms with Gasteiger partial charge in [0.05, 0.1) is 22.7 Å². The van der Waals surface area contributed by atoms with E-state index in [1.807, 2.05) is 48.5 Å². The lowest BCUT2D eigenvalue weighted by molar-refractivity contribution is 1.17. The van der Waals surface area contributed by atoms with Crippen LogP contribution in [0.5, 0.6) is 0 Å². The van der Waals surface area contributed by atoms with Crippen molar-refractivity contribution < 1.29 is 0 Å². The number of nitrogens with two attached hydrogens (primary N) is 1. The Balaban J connectivity index is 1.71. The molecule has 0 fully saturated rings. The van der Waals surface area contributed by atoms with Crippen molar-refractivity contribution in [2.75, 3.05) is 21.7 Å². The van der Waals surface area contributed by atoms with Crippen LogP contribution in [0.1, 0.15) is 5.56 Å². The van der Waals surface area contributed by atoms with E-state index in [1.54, 1.807) is 0 Å². The van der Waals surface area contributed by atoms with Gasteiger partial charge >= 0.3 is 0 Å². The molecule has 3 aromatic carbocycles. The normalized spacial score (nSPS) is 12.2. The highest BCUT2D eigenvalue weighted by Crippen LogP contribution is 2.37. The average Bonchev–Trinajstić information content (AvgIpc) is 2.75. The highest BCUT2D eigenvalue weighted by molar-refractivity contribution is 5.88. The van der Waals surface area contributed by atoms with E-state index >= 15 is 0 Å². The van der Waals surface area contributed by atoms with Gasteiger partial charge in [-0.05, 0) is 35.9 Å². The van der Waals surface area contributed by atoms with Crippen molar-refractivity contribution >= 4 is 34.1 Å². The van der Waals surface area contributed by atoms with Crippen molar-refractivity contribution in [3.05, 3.63) is 72.3 Å². The fraction of sp³-hybridized carbons (Fsp3) is 0.0526. The van der Waals surface area contributed by atoms with E-state index in [-0.39, 0.29) is 0 Å². The number of benzene rings is 3. The number of nitrogen functional groups attached to an aromatic ring is 1. The Morgan fingerprint density at radius 1 is 0.826 bits per heavy atom. The minimum atomic E-state index is 0.716. The third-order valence-electron chi connectivity index (χ3n) is 4.00. The fourth-order valence-electron chi connectivity index (χ4n) is 2.78. The van der Waals surface area contributed by atoms with Crippen molar-refractivity contribution in [3.8, 4) is 0 Å². The summed E-state index contributed by atoms with van der Waals surface area (Å²) in [5.41, 5.74) is 13.2. The largest absolute Gasteiger partial charge is 0.397 e. The molecule has 0 aromatic heterocycles. The zero-order valence-electron chi connectivity index (χ0n) is 12.6. The van der Waals surface area contributed by atoms with Gasteiger partial charge < -0.3 is 21.7 Å². The summed E-state index contributed by atoms with van der Waals surface area (Å²) in [5, 5.41) is 10.3. The molecule has 3 aromatic rings. The van der Waals surface area contributed by atoms with E-state index in [4.69, 9.17) is 5.73 Å². The van der Waals surface area contributed by atoms with Gasteiger partial charge in [0.15, 0.2) is 0 Å². The summed E-state index contributed by atoms with van der Waals surface area (Å²) in [5.74, 6) is 0. The van der Waals surface area contributed by atoms with E-state index in [2.05, 4.69) is 34.1 Å². The summed E-state index contributed by atoms with van der Waals surface area (Å²) in [6, 6.07) is 22.3. The molecule has 0 unspecified atom stereocenters. The smallest absolute Gasteiger partial charge is 0.0642 e. The van der Waals surface area contributed by atoms with E-state index < -0.39 is 0 Å². The maximum absolute atomic E-state index is 6.22. The first-order valence-corrected chi connectivity index (χ1v) is 7.64. The van der Waals surface area contributed by atoms with Crippen LogP contribution in [0.2, 0.25) is 0 Å². The van der Waals surface area contributed by atoms with Gasteiger partial charge in [0.2, 0.25) is 0 Å². The van der Waals surface area contributed by atoms with Crippen molar-refractivity contribution in [1.29, 1.82) is 0 Å². The second-order valence-electron chi connectivity index (χ2n) is 5.61. The van der Waals surface area contributed by atoms with E-state index in [9.17, 15) is 0 Å². The first-order chi connectivity index (χ1) is 11.3. The molecular weight excluding hydrogens is 284 g/mol. The van der Waals surface area contributed by atoms with E-state index in [0.29, 0.717) is 5.69 Å². The average molecular weight is 302 g/mol. The highest BCUT2D eigenvalue weighted by atomic mass is 15.0. The SMILES string of the molecule is Nc1cc2c(cc1Nc1ccccc1)Nc1ccccc1CN2. The molecule has 4 heteroatoms. The Morgan fingerprint density at radius 2 is 1.61 bits per heavy atom. The summed E-state index contributed by atoms with van der Waals surface area (Å²) < 4.78 is 0. The predicted molar refractivity (Wildman–Crippen MR) is 97.6 cm³/mol. The lowest BCUT2D eigenvalue weighted by Crippen LogP contribution is -2.01. The van der Waals surface area contributed by atoms with Gasteiger partial charge in [-0.1, -0.05) is 36.4 Å². The van der Waals surface area contributed by atoms with Crippen LogP contribution < -0.4 is 21.7 Å².